The van der Waals surface area contributed by atoms with Crippen LogP contribution in [0.3, 0.4) is 0 Å². The second kappa shape index (κ2) is 6.26. The van der Waals surface area contributed by atoms with Crippen LogP contribution in [0, 0.1) is 0 Å². The van der Waals surface area contributed by atoms with Crippen LogP contribution in [-0.2, 0) is 0 Å². The van der Waals surface area contributed by atoms with Gasteiger partial charge in [0.1, 0.15) is 11.6 Å². The van der Waals surface area contributed by atoms with Crippen LogP contribution in [0.2, 0.25) is 0 Å². The van der Waals surface area contributed by atoms with Gasteiger partial charge in [-0.05, 0) is 25.3 Å². The van der Waals surface area contributed by atoms with Crippen LogP contribution in [0.15, 0.2) is 41.6 Å². The number of benzene rings is 1. The number of thioether (sulfide) groups is 1. The maximum atomic E-state index is 5.70. The van der Waals surface area contributed by atoms with E-state index in [-0.39, 0.29) is 0 Å². The third-order valence-corrected chi connectivity index (χ3v) is 2.74. The molecule has 0 fully saturated rings. The smallest absolute Gasteiger partial charge is 0.225 e. The highest BCUT2D eigenvalue weighted by atomic mass is 32.2. The summed E-state index contributed by atoms with van der Waals surface area (Å²) in [5.41, 5.74) is 0. The van der Waals surface area contributed by atoms with Crippen molar-refractivity contribution in [1.29, 1.82) is 0 Å². The molecule has 94 valence electrons. The van der Waals surface area contributed by atoms with Crippen molar-refractivity contribution in [2.45, 2.75) is 12.1 Å². The van der Waals surface area contributed by atoms with Gasteiger partial charge in [-0.15, -0.1) is 0 Å². The van der Waals surface area contributed by atoms with E-state index in [1.807, 2.05) is 43.5 Å². The van der Waals surface area contributed by atoms with Gasteiger partial charge in [-0.3, -0.25) is 0 Å². The molecule has 0 atom stereocenters. The van der Waals surface area contributed by atoms with Gasteiger partial charge in [0.15, 0.2) is 5.16 Å². The van der Waals surface area contributed by atoms with Gasteiger partial charge in [-0.2, -0.15) is 4.98 Å². The molecule has 0 amide bonds. The molecule has 0 bridgehead atoms. The van der Waals surface area contributed by atoms with E-state index in [1.54, 1.807) is 6.07 Å². The fraction of sp³-hybridized carbons (Fsp3) is 0.231. The van der Waals surface area contributed by atoms with Gasteiger partial charge in [-0.1, -0.05) is 30.0 Å². The van der Waals surface area contributed by atoms with Crippen molar-refractivity contribution >= 4 is 17.6 Å². The van der Waals surface area contributed by atoms with Crippen molar-refractivity contribution in [2.75, 3.05) is 18.1 Å². The first-order chi connectivity index (χ1) is 8.81. The maximum Gasteiger partial charge on any atom is 0.225 e. The highest BCUT2D eigenvalue weighted by Gasteiger charge is 2.05. The number of ether oxygens (including phenoxy) is 1. The Hall–Kier alpha value is -1.75. The van der Waals surface area contributed by atoms with E-state index in [2.05, 4.69) is 15.3 Å². The van der Waals surface area contributed by atoms with Gasteiger partial charge in [0.25, 0.3) is 0 Å². The summed E-state index contributed by atoms with van der Waals surface area (Å²) in [6.07, 6.45) is 1.94. The summed E-state index contributed by atoms with van der Waals surface area (Å²) in [6.45, 7) is 2.84. The number of aromatic nitrogens is 2. The number of para-hydroxylation sites is 1. The van der Waals surface area contributed by atoms with Crippen LogP contribution in [0.5, 0.6) is 11.6 Å². The Bertz CT molecular complexity index is 505. The molecule has 2 rings (SSSR count). The summed E-state index contributed by atoms with van der Waals surface area (Å²) in [4.78, 5) is 8.66. The molecule has 0 unspecified atom stereocenters. The number of nitrogens with zero attached hydrogens (tertiary/aromatic N) is 2. The molecule has 0 radical (unpaired) electrons. The normalized spacial score (nSPS) is 10.1. The Morgan fingerprint density at radius 2 is 2.00 bits per heavy atom. The van der Waals surface area contributed by atoms with Gasteiger partial charge >= 0.3 is 0 Å². The Balaban J connectivity index is 2.24. The Kier molecular flexibility index (Phi) is 4.41. The number of nitrogens with one attached hydrogen (secondary N) is 1. The largest absolute Gasteiger partial charge is 0.439 e. The first kappa shape index (κ1) is 12.7. The summed E-state index contributed by atoms with van der Waals surface area (Å²) >= 11 is 1.49. The van der Waals surface area contributed by atoms with Crippen LogP contribution < -0.4 is 10.1 Å². The average Bonchev–Trinajstić information content (AvgIpc) is 2.40. The third-order valence-electron chi connectivity index (χ3n) is 2.19. The maximum absolute atomic E-state index is 5.70. The molecule has 2 aromatic rings. The lowest BCUT2D eigenvalue weighted by molar-refractivity contribution is 0.456. The van der Waals surface area contributed by atoms with Crippen LogP contribution in [0.4, 0.5) is 5.82 Å². The first-order valence-corrected chi connectivity index (χ1v) is 6.94. The highest BCUT2D eigenvalue weighted by molar-refractivity contribution is 7.98. The van der Waals surface area contributed by atoms with Gasteiger partial charge in [0.2, 0.25) is 5.88 Å². The zero-order valence-electron chi connectivity index (χ0n) is 10.4. The molecular formula is C13H15N3OS. The van der Waals surface area contributed by atoms with Crippen LogP contribution in [0.1, 0.15) is 6.92 Å². The summed E-state index contributed by atoms with van der Waals surface area (Å²) in [5, 5.41) is 3.86. The number of hydrogen-bond donors (Lipinski definition) is 1. The molecule has 1 aromatic carbocycles. The molecule has 0 aliphatic rings. The fourth-order valence-corrected chi connectivity index (χ4v) is 1.80. The van der Waals surface area contributed by atoms with E-state index >= 15 is 0 Å². The molecule has 0 aliphatic heterocycles. The van der Waals surface area contributed by atoms with Gasteiger partial charge in [-0.25, -0.2) is 4.98 Å². The molecule has 0 saturated carbocycles. The zero-order chi connectivity index (χ0) is 12.8. The minimum Gasteiger partial charge on any atom is -0.439 e. The molecule has 1 heterocycles. The van der Waals surface area contributed by atoms with E-state index in [1.165, 1.54) is 11.8 Å². The molecule has 1 aromatic heterocycles. The van der Waals surface area contributed by atoms with Crippen LogP contribution >= 0.6 is 11.8 Å². The molecular weight excluding hydrogens is 246 g/mol. The Morgan fingerprint density at radius 3 is 2.67 bits per heavy atom. The van der Waals surface area contributed by atoms with Gasteiger partial charge < -0.3 is 10.1 Å². The second-order valence-corrected chi connectivity index (χ2v) is 4.30. The van der Waals surface area contributed by atoms with Crippen molar-refractivity contribution in [2.24, 2.45) is 0 Å². The summed E-state index contributed by atoms with van der Waals surface area (Å²) in [6, 6.07) is 11.4. The van der Waals surface area contributed by atoms with E-state index in [0.717, 1.165) is 18.1 Å². The topological polar surface area (TPSA) is 47.0 Å². The molecule has 0 spiro atoms. The predicted octanol–water partition coefficient (Wildman–Crippen LogP) is 3.42. The summed E-state index contributed by atoms with van der Waals surface area (Å²) in [5.74, 6) is 2.10. The SMILES string of the molecule is CCNc1cc(Oc2ccccc2)nc(SC)n1. The monoisotopic (exact) mass is 261 g/mol. The van der Waals surface area contributed by atoms with E-state index in [9.17, 15) is 0 Å². The summed E-state index contributed by atoms with van der Waals surface area (Å²) < 4.78 is 5.70. The van der Waals surface area contributed by atoms with Crippen molar-refractivity contribution in [1.82, 2.24) is 9.97 Å². The standard InChI is InChI=1S/C13H15N3OS/c1-3-14-11-9-12(16-13(15-11)18-2)17-10-7-5-4-6-8-10/h4-9H,3H2,1-2H3,(H,14,15,16). The van der Waals surface area contributed by atoms with E-state index < -0.39 is 0 Å². The number of hydrogen-bond acceptors (Lipinski definition) is 5. The summed E-state index contributed by atoms with van der Waals surface area (Å²) in [7, 11) is 0. The Morgan fingerprint density at radius 1 is 1.22 bits per heavy atom. The minimum atomic E-state index is 0.552. The molecule has 4 nitrogen and oxygen atoms in total. The van der Waals surface area contributed by atoms with Crippen molar-refractivity contribution < 1.29 is 4.74 Å². The van der Waals surface area contributed by atoms with Gasteiger partial charge in [0.05, 0.1) is 0 Å². The van der Waals surface area contributed by atoms with Crippen LogP contribution in [-0.4, -0.2) is 22.8 Å². The number of rotatable bonds is 5. The molecule has 18 heavy (non-hydrogen) atoms. The van der Waals surface area contributed by atoms with E-state index in [4.69, 9.17) is 4.74 Å². The first-order valence-electron chi connectivity index (χ1n) is 5.71. The van der Waals surface area contributed by atoms with Crippen molar-refractivity contribution in [3.05, 3.63) is 36.4 Å². The minimum absolute atomic E-state index is 0.552. The lowest BCUT2D eigenvalue weighted by Gasteiger charge is -2.08. The number of anilines is 1. The second-order valence-electron chi connectivity index (χ2n) is 3.52. The molecule has 0 aliphatic carbocycles. The molecule has 1 N–H and O–H groups in total. The van der Waals surface area contributed by atoms with Gasteiger partial charge in [0, 0.05) is 12.6 Å². The van der Waals surface area contributed by atoms with Crippen molar-refractivity contribution in [3.8, 4) is 11.6 Å². The third kappa shape index (κ3) is 3.37. The van der Waals surface area contributed by atoms with E-state index in [0.29, 0.717) is 11.0 Å². The fourth-order valence-electron chi connectivity index (χ4n) is 1.43. The van der Waals surface area contributed by atoms with Crippen molar-refractivity contribution in [3.63, 3.8) is 0 Å². The average molecular weight is 261 g/mol. The molecule has 0 saturated heterocycles. The predicted molar refractivity (Wildman–Crippen MR) is 74.5 cm³/mol. The quantitative estimate of drug-likeness (QED) is 0.660. The molecule has 5 heteroatoms. The lowest BCUT2D eigenvalue weighted by atomic mass is 10.3. The lowest BCUT2D eigenvalue weighted by Crippen LogP contribution is -2.02. The van der Waals surface area contributed by atoms with Crippen LogP contribution in [0.25, 0.3) is 0 Å². The highest BCUT2D eigenvalue weighted by Crippen LogP contribution is 2.23. The Labute approximate surface area is 111 Å². The zero-order valence-corrected chi connectivity index (χ0v) is 11.2.